The SMILES string of the molecule is O=c1[nH]c(=S)n(-c2c(F)cccc2F)c2ccc(Br)cc12. The molecule has 21 heavy (non-hydrogen) atoms. The zero-order chi connectivity index (χ0) is 15.1. The van der Waals surface area contributed by atoms with Crippen molar-refractivity contribution in [2.24, 2.45) is 0 Å². The molecule has 2 aromatic carbocycles. The molecule has 1 heterocycles. The Kier molecular flexibility index (Phi) is 3.46. The van der Waals surface area contributed by atoms with Crippen LogP contribution in [0.4, 0.5) is 8.78 Å². The molecule has 0 aliphatic heterocycles. The Hall–Kier alpha value is -1.86. The van der Waals surface area contributed by atoms with E-state index in [9.17, 15) is 13.6 Å². The van der Waals surface area contributed by atoms with Crippen LogP contribution >= 0.6 is 28.1 Å². The minimum Gasteiger partial charge on any atom is -0.298 e. The van der Waals surface area contributed by atoms with Crippen molar-refractivity contribution in [2.45, 2.75) is 0 Å². The lowest BCUT2D eigenvalue weighted by Crippen LogP contribution is -2.15. The fourth-order valence-corrected chi connectivity index (χ4v) is 2.78. The molecule has 3 nitrogen and oxygen atoms in total. The fourth-order valence-electron chi connectivity index (χ4n) is 2.14. The maximum atomic E-state index is 14.0. The van der Waals surface area contributed by atoms with E-state index in [1.165, 1.54) is 10.6 Å². The molecular formula is C14H7BrF2N2OS. The van der Waals surface area contributed by atoms with Gasteiger partial charge in [0.1, 0.15) is 17.3 Å². The molecule has 0 aliphatic carbocycles. The van der Waals surface area contributed by atoms with Gasteiger partial charge in [-0.1, -0.05) is 22.0 Å². The van der Waals surface area contributed by atoms with E-state index in [1.807, 2.05) is 0 Å². The standard InChI is InChI=1S/C14H7BrF2N2OS/c15-7-4-5-11-8(6-7)13(20)18-14(21)19(11)12-9(16)2-1-3-10(12)17/h1-6H,(H,18,20,21). The minimum atomic E-state index is -0.762. The molecule has 3 aromatic rings. The fraction of sp³-hybridized carbons (Fsp3) is 0. The predicted octanol–water partition coefficient (Wildman–Crippen LogP) is 4.09. The van der Waals surface area contributed by atoms with Gasteiger partial charge in [-0.2, -0.15) is 0 Å². The van der Waals surface area contributed by atoms with Crippen LogP contribution in [0.5, 0.6) is 0 Å². The van der Waals surface area contributed by atoms with Gasteiger partial charge in [-0.25, -0.2) is 8.78 Å². The van der Waals surface area contributed by atoms with Crippen molar-refractivity contribution in [2.75, 3.05) is 0 Å². The van der Waals surface area contributed by atoms with Crippen LogP contribution in [0.25, 0.3) is 16.6 Å². The molecule has 0 fully saturated rings. The van der Waals surface area contributed by atoms with Gasteiger partial charge in [0.05, 0.1) is 10.9 Å². The number of benzene rings is 2. The lowest BCUT2D eigenvalue weighted by atomic mass is 10.2. The van der Waals surface area contributed by atoms with E-state index in [0.29, 0.717) is 9.99 Å². The second kappa shape index (κ2) is 5.16. The van der Waals surface area contributed by atoms with E-state index in [2.05, 4.69) is 20.9 Å². The summed E-state index contributed by atoms with van der Waals surface area (Å²) in [7, 11) is 0. The Morgan fingerprint density at radius 2 is 1.81 bits per heavy atom. The first kappa shape index (κ1) is 14.1. The van der Waals surface area contributed by atoms with Gasteiger partial charge in [0.25, 0.3) is 5.56 Å². The van der Waals surface area contributed by atoms with Crippen molar-refractivity contribution in [1.29, 1.82) is 0 Å². The molecule has 0 aliphatic rings. The zero-order valence-electron chi connectivity index (χ0n) is 10.4. The number of para-hydroxylation sites is 1. The molecule has 1 aromatic heterocycles. The third-order valence-electron chi connectivity index (χ3n) is 3.03. The Bertz CT molecular complexity index is 961. The maximum Gasteiger partial charge on any atom is 0.259 e. The average molecular weight is 369 g/mol. The Morgan fingerprint density at radius 3 is 2.48 bits per heavy atom. The molecule has 0 saturated carbocycles. The number of hydrogen-bond donors (Lipinski definition) is 1. The van der Waals surface area contributed by atoms with E-state index >= 15 is 0 Å². The molecule has 0 unspecified atom stereocenters. The highest BCUT2D eigenvalue weighted by Crippen LogP contribution is 2.23. The first-order chi connectivity index (χ1) is 9.99. The van der Waals surface area contributed by atoms with Crippen LogP contribution in [-0.4, -0.2) is 9.55 Å². The highest BCUT2D eigenvalue weighted by Gasteiger charge is 2.15. The van der Waals surface area contributed by atoms with Crippen LogP contribution in [0.3, 0.4) is 0 Å². The highest BCUT2D eigenvalue weighted by molar-refractivity contribution is 9.10. The molecule has 7 heteroatoms. The van der Waals surface area contributed by atoms with Crippen molar-refractivity contribution in [3.05, 3.63) is 67.6 Å². The summed E-state index contributed by atoms with van der Waals surface area (Å²) in [5.74, 6) is -1.52. The minimum absolute atomic E-state index is 0.0705. The number of H-pyrrole nitrogens is 1. The Morgan fingerprint density at radius 1 is 1.14 bits per heavy atom. The molecule has 3 rings (SSSR count). The Labute approximate surface area is 131 Å². The predicted molar refractivity (Wildman–Crippen MR) is 82.3 cm³/mol. The number of hydrogen-bond acceptors (Lipinski definition) is 2. The van der Waals surface area contributed by atoms with Crippen molar-refractivity contribution >= 4 is 39.1 Å². The number of aromatic nitrogens is 2. The van der Waals surface area contributed by atoms with Crippen molar-refractivity contribution in [3.8, 4) is 5.69 Å². The highest BCUT2D eigenvalue weighted by atomic mass is 79.9. The van der Waals surface area contributed by atoms with Gasteiger partial charge >= 0.3 is 0 Å². The summed E-state index contributed by atoms with van der Waals surface area (Å²) < 4.78 is 29.8. The van der Waals surface area contributed by atoms with Crippen LogP contribution in [0.1, 0.15) is 0 Å². The van der Waals surface area contributed by atoms with Crippen LogP contribution in [-0.2, 0) is 0 Å². The summed E-state index contributed by atoms with van der Waals surface area (Å²) in [5.41, 5.74) is -0.397. The Balaban J connectivity index is 2.55. The molecule has 0 atom stereocenters. The summed E-state index contributed by atoms with van der Waals surface area (Å²) in [6.45, 7) is 0. The van der Waals surface area contributed by atoms with Crippen molar-refractivity contribution < 1.29 is 8.78 Å². The lowest BCUT2D eigenvalue weighted by molar-refractivity contribution is 0.569. The summed E-state index contributed by atoms with van der Waals surface area (Å²) in [6.07, 6.45) is 0. The zero-order valence-corrected chi connectivity index (χ0v) is 12.8. The largest absolute Gasteiger partial charge is 0.298 e. The van der Waals surface area contributed by atoms with Crippen molar-refractivity contribution in [3.63, 3.8) is 0 Å². The normalized spacial score (nSPS) is 11.0. The van der Waals surface area contributed by atoms with E-state index < -0.39 is 17.2 Å². The van der Waals surface area contributed by atoms with Gasteiger partial charge in [0.15, 0.2) is 4.77 Å². The molecular weight excluding hydrogens is 362 g/mol. The van der Waals surface area contributed by atoms with Crippen molar-refractivity contribution in [1.82, 2.24) is 9.55 Å². The molecule has 0 radical (unpaired) electrons. The van der Waals surface area contributed by atoms with Gasteiger partial charge in [-0.05, 0) is 42.5 Å². The van der Waals surface area contributed by atoms with E-state index in [-0.39, 0.29) is 15.8 Å². The topological polar surface area (TPSA) is 37.8 Å². The third-order valence-corrected chi connectivity index (χ3v) is 3.81. The van der Waals surface area contributed by atoms with Gasteiger partial charge in [0.2, 0.25) is 0 Å². The van der Waals surface area contributed by atoms with Crippen LogP contribution in [0.2, 0.25) is 0 Å². The maximum absolute atomic E-state index is 14.0. The van der Waals surface area contributed by atoms with E-state index in [0.717, 1.165) is 12.1 Å². The summed E-state index contributed by atoms with van der Waals surface area (Å²) in [4.78, 5) is 14.4. The molecule has 0 saturated heterocycles. The summed E-state index contributed by atoms with van der Waals surface area (Å²) in [5, 5.41) is 0.278. The number of aromatic amines is 1. The first-order valence-corrected chi connectivity index (χ1v) is 7.08. The monoisotopic (exact) mass is 368 g/mol. The van der Waals surface area contributed by atoms with Gasteiger partial charge in [0, 0.05) is 4.47 Å². The van der Waals surface area contributed by atoms with Crippen LogP contribution in [0.15, 0.2) is 45.7 Å². The van der Waals surface area contributed by atoms with Gasteiger partial charge < -0.3 is 0 Å². The molecule has 1 N–H and O–H groups in total. The van der Waals surface area contributed by atoms with Crippen LogP contribution in [0, 0.1) is 16.4 Å². The van der Waals surface area contributed by atoms with E-state index in [1.54, 1.807) is 18.2 Å². The molecule has 0 bridgehead atoms. The van der Waals surface area contributed by atoms with Crippen LogP contribution < -0.4 is 5.56 Å². The molecule has 106 valence electrons. The third kappa shape index (κ3) is 2.32. The first-order valence-electron chi connectivity index (χ1n) is 5.88. The second-order valence-electron chi connectivity index (χ2n) is 4.33. The number of halogens is 3. The lowest BCUT2D eigenvalue weighted by Gasteiger charge is -2.12. The molecule has 0 amide bonds. The number of nitrogens with zero attached hydrogens (tertiary/aromatic N) is 1. The number of rotatable bonds is 1. The quantitative estimate of drug-likeness (QED) is 0.657. The number of fused-ring (bicyclic) bond motifs is 1. The van der Waals surface area contributed by atoms with Gasteiger partial charge in [-0.15, -0.1) is 0 Å². The summed E-state index contributed by atoms with van der Waals surface area (Å²) >= 11 is 8.32. The average Bonchev–Trinajstić information content (AvgIpc) is 2.42. The second-order valence-corrected chi connectivity index (χ2v) is 5.63. The van der Waals surface area contributed by atoms with Gasteiger partial charge in [-0.3, -0.25) is 14.3 Å². The smallest absolute Gasteiger partial charge is 0.259 e. The van der Waals surface area contributed by atoms with E-state index in [4.69, 9.17) is 12.2 Å². The summed E-state index contributed by atoms with van der Waals surface area (Å²) in [6, 6.07) is 8.36. The number of nitrogens with one attached hydrogen (secondary N) is 1. The molecule has 0 spiro atoms.